The number of benzene rings is 6. The molecule has 0 bridgehead atoms. The van der Waals surface area contributed by atoms with Crippen molar-refractivity contribution in [2.75, 3.05) is 0 Å². The summed E-state index contributed by atoms with van der Waals surface area (Å²) in [7, 11) is 0. The van der Waals surface area contributed by atoms with Gasteiger partial charge in [0.25, 0.3) is 0 Å². The van der Waals surface area contributed by atoms with Crippen LogP contribution in [-0.2, 0) is 6.18 Å². The van der Waals surface area contributed by atoms with Crippen molar-refractivity contribution in [2.45, 2.75) is 6.18 Å². The van der Waals surface area contributed by atoms with Gasteiger partial charge < -0.3 is 4.57 Å². The first-order valence-corrected chi connectivity index (χ1v) is 15.5. The minimum atomic E-state index is -4.60. The van der Waals surface area contributed by atoms with Gasteiger partial charge in [0, 0.05) is 33.2 Å². The first-order chi connectivity index (χ1) is 23.9. The molecule has 234 valence electrons. The molecular weight excluding hydrogens is 619 g/mol. The van der Waals surface area contributed by atoms with Crippen molar-refractivity contribution in [1.29, 1.82) is 5.26 Å². The summed E-state index contributed by atoms with van der Waals surface area (Å²) in [6.07, 6.45) is -4.60. The summed E-state index contributed by atoms with van der Waals surface area (Å²) < 4.78 is 45.5. The molecule has 0 aliphatic rings. The van der Waals surface area contributed by atoms with Gasteiger partial charge in [-0.1, -0.05) is 103 Å². The van der Waals surface area contributed by atoms with Crippen molar-refractivity contribution in [3.05, 3.63) is 157 Å². The van der Waals surface area contributed by atoms with Crippen LogP contribution in [0.4, 0.5) is 13.2 Å². The molecule has 2 aromatic heterocycles. The molecule has 0 unspecified atom stereocenters. The van der Waals surface area contributed by atoms with Gasteiger partial charge in [0.1, 0.15) is 0 Å². The highest BCUT2D eigenvalue weighted by atomic mass is 19.4. The third-order valence-corrected chi connectivity index (χ3v) is 8.53. The first kappa shape index (κ1) is 29.8. The maximum absolute atomic E-state index is 14.5. The van der Waals surface area contributed by atoms with Crippen molar-refractivity contribution < 1.29 is 13.2 Å². The van der Waals surface area contributed by atoms with Crippen molar-refractivity contribution in [1.82, 2.24) is 19.5 Å². The zero-order valence-electron chi connectivity index (χ0n) is 25.7. The van der Waals surface area contributed by atoms with E-state index in [1.807, 2.05) is 114 Å². The molecule has 8 heteroatoms. The number of hydrogen-bond acceptors (Lipinski definition) is 4. The average molecular weight is 644 g/mol. The third kappa shape index (κ3) is 5.37. The Hall–Kier alpha value is -6.59. The molecule has 0 atom stereocenters. The van der Waals surface area contributed by atoms with Crippen molar-refractivity contribution in [2.24, 2.45) is 0 Å². The molecule has 0 amide bonds. The summed E-state index contributed by atoms with van der Waals surface area (Å²) in [5.74, 6) is 1.02. The number of para-hydroxylation sites is 1. The number of alkyl halides is 3. The molecule has 0 fully saturated rings. The van der Waals surface area contributed by atoms with Gasteiger partial charge in [0.05, 0.1) is 28.2 Å². The molecule has 6 aromatic carbocycles. The fraction of sp³-hybridized carbons (Fsp3) is 0.0244. The van der Waals surface area contributed by atoms with Crippen LogP contribution in [0.1, 0.15) is 11.1 Å². The van der Waals surface area contributed by atoms with Gasteiger partial charge in [-0.05, 0) is 53.6 Å². The van der Waals surface area contributed by atoms with E-state index < -0.39 is 11.7 Å². The van der Waals surface area contributed by atoms with E-state index in [1.165, 1.54) is 12.1 Å². The largest absolute Gasteiger partial charge is 0.417 e. The summed E-state index contributed by atoms with van der Waals surface area (Å²) in [4.78, 5) is 14.6. The van der Waals surface area contributed by atoms with Crippen LogP contribution in [0.2, 0.25) is 0 Å². The summed E-state index contributed by atoms with van der Waals surface area (Å²) in [5.41, 5.74) is 4.43. The zero-order chi connectivity index (χ0) is 33.5. The zero-order valence-corrected chi connectivity index (χ0v) is 25.7. The van der Waals surface area contributed by atoms with Crippen LogP contribution >= 0.6 is 0 Å². The molecule has 0 spiro atoms. The molecule has 2 heterocycles. The predicted octanol–water partition coefficient (Wildman–Crippen LogP) is 10.5. The Morgan fingerprint density at radius 2 is 1.10 bits per heavy atom. The van der Waals surface area contributed by atoms with E-state index in [-0.39, 0.29) is 11.4 Å². The summed E-state index contributed by atoms with van der Waals surface area (Å²) >= 11 is 0. The lowest BCUT2D eigenvalue weighted by Crippen LogP contribution is -2.08. The Bertz CT molecular complexity index is 2490. The molecule has 0 aliphatic carbocycles. The van der Waals surface area contributed by atoms with Gasteiger partial charge >= 0.3 is 6.18 Å². The molecule has 0 N–H and O–H groups in total. The second kappa shape index (κ2) is 11.9. The third-order valence-electron chi connectivity index (χ3n) is 8.53. The Balaban J connectivity index is 1.45. The highest BCUT2D eigenvalue weighted by Gasteiger charge is 2.34. The van der Waals surface area contributed by atoms with Gasteiger partial charge in [0.15, 0.2) is 17.5 Å². The van der Waals surface area contributed by atoms with E-state index in [4.69, 9.17) is 15.0 Å². The number of hydrogen-bond donors (Lipinski definition) is 0. The lowest BCUT2D eigenvalue weighted by molar-refractivity contribution is -0.137. The Kier molecular flexibility index (Phi) is 7.23. The van der Waals surface area contributed by atoms with Gasteiger partial charge in [-0.25, -0.2) is 15.0 Å². The standard InChI is InChI=1S/C41H24F3N5/c42-41(43,44)35-17-9-7-15-31(35)30-21-20-29(49-36-18-10-8-16-32(36)33-23-26(25-45)19-22-37(33)49)24-34(30)40-47-38(27-11-3-1-4-12-27)46-39(48-40)28-13-5-2-6-14-28/h1-24H. The predicted molar refractivity (Wildman–Crippen MR) is 186 cm³/mol. The Morgan fingerprint density at radius 3 is 1.78 bits per heavy atom. The minimum absolute atomic E-state index is 0.0142. The monoisotopic (exact) mass is 643 g/mol. The molecule has 49 heavy (non-hydrogen) atoms. The fourth-order valence-electron chi connectivity index (χ4n) is 6.31. The number of fused-ring (bicyclic) bond motifs is 3. The molecule has 8 aromatic rings. The van der Waals surface area contributed by atoms with Gasteiger partial charge in [0.2, 0.25) is 0 Å². The molecule has 5 nitrogen and oxygen atoms in total. The fourth-order valence-corrected chi connectivity index (χ4v) is 6.31. The maximum atomic E-state index is 14.5. The molecule has 0 radical (unpaired) electrons. The van der Waals surface area contributed by atoms with Crippen LogP contribution in [0.3, 0.4) is 0 Å². The van der Waals surface area contributed by atoms with Crippen LogP contribution in [0, 0.1) is 11.3 Å². The first-order valence-electron chi connectivity index (χ1n) is 15.5. The summed E-state index contributed by atoms with van der Waals surface area (Å²) in [6, 6.07) is 45.3. The average Bonchev–Trinajstić information content (AvgIpc) is 3.48. The highest BCUT2D eigenvalue weighted by molar-refractivity contribution is 6.09. The van der Waals surface area contributed by atoms with Crippen LogP contribution < -0.4 is 0 Å². The van der Waals surface area contributed by atoms with Gasteiger partial charge in [-0.3, -0.25) is 0 Å². The van der Waals surface area contributed by atoms with E-state index in [0.29, 0.717) is 34.0 Å². The highest BCUT2D eigenvalue weighted by Crippen LogP contribution is 2.42. The topological polar surface area (TPSA) is 67.4 Å². The number of aromatic nitrogens is 4. The van der Waals surface area contributed by atoms with E-state index in [2.05, 4.69) is 6.07 Å². The lowest BCUT2D eigenvalue weighted by Gasteiger charge is -2.18. The Labute approximate surface area is 279 Å². The number of nitrogens with zero attached hydrogens (tertiary/aromatic N) is 5. The second-order valence-corrected chi connectivity index (χ2v) is 11.5. The summed E-state index contributed by atoms with van der Waals surface area (Å²) in [6.45, 7) is 0. The van der Waals surface area contributed by atoms with E-state index in [1.54, 1.807) is 18.2 Å². The van der Waals surface area contributed by atoms with E-state index in [0.717, 1.165) is 39.0 Å². The maximum Gasteiger partial charge on any atom is 0.417 e. The normalized spacial score (nSPS) is 11.6. The molecule has 0 saturated heterocycles. The number of halogens is 3. The number of nitriles is 1. The number of rotatable bonds is 5. The van der Waals surface area contributed by atoms with Gasteiger partial charge in [-0.2, -0.15) is 18.4 Å². The smallest absolute Gasteiger partial charge is 0.309 e. The van der Waals surface area contributed by atoms with Crippen molar-refractivity contribution in [3.8, 4) is 57.0 Å². The van der Waals surface area contributed by atoms with E-state index >= 15 is 0 Å². The SMILES string of the molecule is N#Cc1ccc2c(c1)c1ccccc1n2-c1ccc(-c2ccccc2C(F)(F)F)c(-c2nc(-c3ccccc3)nc(-c3ccccc3)n2)c1. The molecular formula is C41H24F3N5. The quantitative estimate of drug-likeness (QED) is 0.187. The van der Waals surface area contributed by atoms with Crippen LogP contribution in [0.25, 0.3) is 72.8 Å². The van der Waals surface area contributed by atoms with Crippen LogP contribution in [-0.4, -0.2) is 19.5 Å². The second-order valence-electron chi connectivity index (χ2n) is 11.5. The van der Waals surface area contributed by atoms with Crippen molar-refractivity contribution >= 4 is 21.8 Å². The van der Waals surface area contributed by atoms with Gasteiger partial charge in [-0.15, -0.1) is 0 Å². The Morgan fingerprint density at radius 1 is 0.510 bits per heavy atom. The van der Waals surface area contributed by atoms with Crippen LogP contribution in [0.5, 0.6) is 0 Å². The molecule has 0 saturated carbocycles. The molecule has 0 aliphatic heterocycles. The van der Waals surface area contributed by atoms with Crippen LogP contribution in [0.15, 0.2) is 146 Å². The molecule has 8 rings (SSSR count). The lowest BCUT2D eigenvalue weighted by atomic mass is 9.94. The van der Waals surface area contributed by atoms with E-state index in [9.17, 15) is 18.4 Å². The minimum Gasteiger partial charge on any atom is -0.309 e. The van der Waals surface area contributed by atoms with Crippen molar-refractivity contribution in [3.63, 3.8) is 0 Å². The summed E-state index contributed by atoms with van der Waals surface area (Å²) in [5, 5.41) is 11.5.